The standard InChI is InChI=1S/C19H19N3O3/c1-12(2)16(14-10-6-7-11-20-14)21-18-15(19(23)24)17(25-22-18)13-8-4-3-5-9-13/h3-12,16H,1-2H3,(H,21,22)(H,23,24). The number of nitrogens with one attached hydrogen (secondary N) is 1. The average Bonchev–Trinajstić information content (AvgIpc) is 3.05. The molecule has 0 spiro atoms. The van der Waals surface area contributed by atoms with E-state index in [2.05, 4.69) is 15.5 Å². The van der Waals surface area contributed by atoms with Crippen LogP contribution >= 0.6 is 0 Å². The van der Waals surface area contributed by atoms with Gasteiger partial charge in [0.25, 0.3) is 0 Å². The second-order valence-electron chi connectivity index (χ2n) is 6.03. The molecule has 3 rings (SSSR count). The molecule has 0 amide bonds. The smallest absolute Gasteiger partial charge is 0.343 e. The normalized spacial score (nSPS) is 12.1. The van der Waals surface area contributed by atoms with Gasteiger partial charge in [-0.3, -0.25) is 4.98 Å². The van der Waals surface area contributed by atoms with Gasteiger partial charge in [0.05, 0.1) is 11.7 Å². The maximum absolute atomic E-state index is 11.8. The molecule has 1 unspecified atom stereocenters. The second kappa shape index (κ2) is 7.17. The molecule has 2 aromatic heterocycles. The molecule has 0 saturated carbocycles. The van der Waals surface area contributed by atoms with Gasteiger partial charge >= 0.3 is 5.97 Å². The molecular formula is C19H19N3O3. The number of carboxylic acids is 1. The van der Waals surface area contributed by atoms with Gasteiger partial charge in [0.1, 0.15) is 0 Å². The van der Waals surface area contributed by atoms with Gasteiger partial charge in [-0.2, -0.15) is 0 Å². The fraction of sp³-hybridized carbons (Fsp3) is 0.211. The summed E-state index contributed by atoms with van der Waals surface area (Å²) in [6.07, 6.45) is 1.71. The Morgan fingerprint density at radius 3 is 2.44 bits per heavy atom. The Hall–Kier alpha value is -3.15. The van der Waals surface area contributed by atoms with Crippen molar-refractivity contribution in [3.8, 4) is 11.3 Å². The molecule has 6 heteroatoms. The van der Waals surface area contributed by atoms with Gasteiger partial charge in [0, 0.05) is 11.8 Å². The number of aromatic nitrogens is 2. The van der Waals surface area contributed by atoms with Crippen LogP contribution in [0.2, 0.25) is 0 Å². The van der Waals surface area contributed by atoms with Gasteiger partial charge in [0.15, 0.2) is 17.1 Å². The molecule has 2 heterocycles. The first kappa shape index (κ1) is 16.7. The number of aromatic carboxylic acids is 1. The Labute approximate surface area is 145 Å². The van der Waals surface area contributed by atoms with Crippen molar-refractivity contribution in [2.24, 2.45) is 5.92 Å². The number of anilines is 1. The Bertz CT molecular complexity index is 845. The summed E-state index contributed by atoms with van der Waals surface area (Å²) in [5.41, 5.74) is 1.50. The molecule has 0 saturated heterocycles. The van der Waals surface area contributed by atoms with Crippen LogP contribution in [-0.4, -0.2) is 21.2 Å². The van der Waals surface area contributed by atoms with Crippen molar-refractivity contribution in [2.75, 3.05) is 5.32 Å². The Morgan fingerprint density at radius 2 is 1.84 bits per heavy atom. The largest absolute Gasteiger partial charge is 0.477 e. The van der Waals surface area contributed by atoms with Crippen LogP contribution < -0.4 is 5.32 Å². The quantitative estimate of drug-likeness (QED) is 0.699. The van der Waals surface area contributed by atoms with Crippen LogP contribution in [-0.2, 0) is 0 Å². The van der Waals surface area contributed by atoms with Crippen LogP contribution in [0.1, 0.15) is 35.9 Å². The maximum atomic E-state index is 11.8. The zero-order chi connectivity index (χ0) is 17.8. The predicted octanol–water partition coefficient (Wildman–Crippen LogP) is 4.24. The SMILES string of the molecule is CC(C)C(Nc1noc(-c2ccccc2)c1C(=O)O)c1ccccn1. The molecule has 1 aromatic carbocycles. The van der Waals surface area contributed by atoms with E-state index in [1.807, 2.05) is 50.2 Å². The third-order valence-electron chi connectivity index (χ3n) is 3.91. The summed E-state index contributed by atoms with van der Waals surface area (Å²) in [6.45, 7) is 4.07. The van der Waals surface area contributed by atoms with Crippen LogP contribution in [0.5, 0.6) is 0 Å². The van der Waals surface area contributed by atoms with Gasteiger partial charge in [-0.05, 0) is 18.1 Å². The third-order valence-corrected chi connectivity index (χ3v) is 3.91. The second-order valence-corrected chi connectivity index (χ2v) is 6.03. The van der Waals surface area contributed by atoms with E-state index in [1.165, 1.54) is 0 Å². The Balaban J connectivity index is 2.00. The number of nitrogens with zero attached hydrogens (tertiary/aromatic N) is 2. The lowest BCUT2D eigenvalue weighted by atomic mass is 10.00. The molecule has 0 aliphatic rings. The summed E-state index contributed by atoms with van der Waals surface area (Å²) in [6, 6.07) is 14.5. The average molecular weight is 337 g/mol. The summed E-state index contributed by atoms with van der Waals surface area (Å²) in [5, 5.41) is 16.8. The van der Waals surface area contributed by atoms with Gasteiger partial charge < -0.3 is 14.9 Å². The van der Waals surface area contributed by atoms with Gasteiger partial charge in [-0.1, -0.05) is 55.4 Å². The highest BCUT2D eigenvalue weighted by Crippen LogP contribution is 2.32. The summed E-state index contributed by atoms with van der Waals surface area (Å²) in [4.78, 5) is 16.2. The van der Waals surface area contributed by atoms with Crippen LogP contribution in [0, 0.1) is 5.92 Å². The number of benzene rings is 1. The fourth-order valence-corrected chi connectivity index (χ4v) is 2.66. The number of hydrogen-bond donors (Lipinski definition) is 2. The van der Waals surface area contributed by atoms with E-state index in [-0.39, 0.29) is 29.1 Å². The lowest BCUT2D eigenvalue weighted by Gasteiger charge is -2.21. The molecule has 0 aliphatic carbocycles. The summed E-state index contributed by atoms with van der Waals surface area (Å²) in [7, 11) is 0. The fourth-order valence-electron chi connectivity index (χ4n) is 2.66. The van der Waals surface area contributed by atoms with Crippen molar-refractivity contribution in [1.82, 2.24) is 10.1 Å². The van der Waals surface area contributed by atoms with E-state index in [0.29, 0.717) is 5.56 Å². The summed E-state index contributed by atoms with van der Waals surface area (Å²) < 4.78 is 5.35. The first-order chi connectivity index (χ1) is 12.1. The molecule has 0 bridgehead atoms. The predicted molar refractivity (Wildman–Crippen MR) is 94.3 cm³/mol. The first-order valence-electron chi connectivity index (χ1n) is 8.03. The lowest BCUT2D eigenvalue weighted by Crippen LogP contribution is -2.19. The molecule has 25 heavy (non-hydrogen) atoms. The number of hydrogen-bond acceptors (Lipinski definition) is 5. The molecule has 0 fully saturated rings. The van der Waals surface area contributed by atoms with Crippen LogP contribution in [0.25, 0.3) is 11.3 Å². The highest BCUT2D eigenvalue weighted by molar-refractivity contribution is 5.99. The number of pyridine rings is 1. The van der Waals surface area contributed by atoms with Crippen molar-refractivity contribution < 1.29 is 14.4 Å². The number of carbonyl (C=O) groups is 1. The Kier molecular flexibility index (Phi) is 4.79. The molecular weight excluding hydrogens is 318 g/mol. The van der Waals surface area contributed by atoms with Gasteiger partial charge in [-0.15, -0.1) is 0 Å². The highest BCUT2D eigenvalue weighted by atomic mass is 16.5. The monoisotopic (exact) mass is 337 g/mol. The molecule has 2 N–H and O–H groups in total. The molecule has 3 aromatic rings. The number of carboxylic acid groups (broad SMARTS) is 1. The zero-order valence-corrected chi connectivity index (χ0v) is 14.0. The van der Waals surface area contributed by atoms with E-state index in [9.17, 15) is 9.90 Å². The minimum Gasteiger partial charge on any atom is -0.477 e. The van der Waals surface area contributed by atoms with Gasteiger partial charge in [-0.25, -0.2) is 4.79 Å². The van der Waals surface area contributed by atoms with E-state index >= 15 is 0 Å². The maximum Gasteiger partial charge on any atom is 0.343 e. The van der Waals surface area contributed by atoms with Crippen molar-refractivity contribution in [1.29, 1.82) is 0 Å². The van der Waals surface area contributed by atoms with Crippen molar-refractivity contribution in [3.05, 3.63) is 66.0 Å². The van der Waals surface area contributed by atoms with Gasteiger partial charge in [0.2, 0.25) is 0 Å². The van der Waals surface area contributed by atoms with Crippen LogP contribution in [0.4, 0.5) is 5.82 Å². The van der Waals surface area contributed by atoms with E-state index in [4.69, 9.17) is 4.52 Å². The topological polar surface area (TPSA) is 88.2 Å². The number of rotatable bonds is 6. The zero-order valence-electron chi connectivity index (χ0n) is 14.0. The molecule has 6 nitrogen and oxygen atoms in total. The van der Waals surface area contributed by atoms with Crippen LogP contribution in [0.15, 0.2) is 59.3 Å². The van der Waals surface area contributed by atoms with Crippen molar-refractivity contribution >= 4 is 11.8 Å². The highest BCUT2D eigenvalue weighted by Gasteiger charge is 2.27. The Morgan fingerprint density at radius 1 is 1.12 bits per heavy atom. The van der Waals surface area contributed by atoms with E-state index in [1.54, 1.807) is 18.3 Å². The molecule has 1 atom stereocenters. The van der Waals surface area contributed by atoms with Crippen molar-refractivity contribution in [3.63, 3.8) is 0 Å². The summed E-state index contributed by atoms with van der Waals surface area (Å²) in [5.74, 6) is -0.477. The van der Waals surface area contributed by atoms with Crippen molar-refractivity contribution in [2.45, 2.75) is 19.9 Å². The van der Waals surface area contributed by atoms with E-state index < -0.39 is 5.97 Å². The minimum absolute atomic E-state index is 0.0211. The van der Waals surface area contributed by atoms with E-state index in [0.717, 1.165) is 5.69 Å². The summed E-state index contributed by atoms with van der Waals surface area (Å²) >= 11 is 0. The lowest BCUT2D eigenvalue weighted by molar-refractivity contribution is 0.0698. The molecule has 0 radical (unpaired) electrons. The third kappa shape index (κ3) is 3.52. The first-order valence-corrected chi connectivity index (χ1v) is 8.03. The molecule has 0 aliphatic heterocycles. The molecule has 128 valence electrons. The van der Waals surface area contributed by atoms with Crippen LogP contribution in [0.3, 0.4) is 0 Å². The minimum atomic E-state index is -1.09.